The molecule has 0 fully saturated rings. The van der Waals surface area contributed by atoms with Crippen LogP contribution in [-0.4, -0.2) is 11.7 Å². The standard InChI is InChI=1S/C38H36N4/c1-6-33-37(39-5)42(36-20-10-11-23-40-36)35-22-21-29(26-34(35)38(33,3)4)28-15-13-19-32(25-28)41(30-16-8-7-9-17-30)31-18-12-14-27(2)24-31/h6-23,25-27H,1,5,24H2,2-4H3. The number of aromatic nitrogens is 1. The zero-order valence-electron chi connectivity index (χ0n) is 24.5. The second kappa shape index (κ2) is 11.1. The van der Waals surface area contributed by atoms with Crippen LogP contribution in [0.25, 0.3) is 11.1 Å². The van der Waals surface area contributed by atoms with Gasteiger partial charge in [-0.15, -0.1) is 0 Å². The Bertz CT molecular complexity index is 1730. The normalized spacial score (nSPS) is 17.4. The van der Waals surface area contributed by atoms with Gasteiger partial charge in [0.2, 0.25) is 0 Å². The molecule has 42 heavy (non-hydrogen) atoms. The van der Waals surface area contributed by atoms with E-state index in [0.29, 0.717) is 5.92 Å². The third kappa shape index (κ3) is 4.79. The summed E-state index contributed by atoms with van der Waals surface area (Å²) < 4.78 is 0. The highest BCUT2D eigenvalue weighted by atomic mass is 15.3. The lowest BCUT2D eigenvalue weighted by Gasteiger charge is -2.41. The third-order valence-electron chi connectivity index (χ3n) is 8.27. The molecule has 2 heterocycles. The van der Waals surface area contributed by atoms with Gasteiger partial charge >= 0.3 is 0 Å². The molecule has 0 spiro atoms. The van der Waals surface area contributed by atoms with Crippen molar-refractivity contribution in [1.82, 2.24) is 4.98 Å². The highest BCUT2D eigenvalue weighted by Crippen LogP contribution is 2.49. The molecule has 0 bridgehead atoms. The quantitative estimate of drug-likeness (QED) is 0.215. The Labute approximate surface area is 249 Å². The molecule has 2 aliphatic rings. The second-order valence-electron chi connectivity index (χ2n) is 11.4. The van der Waals surface area contributed by atoms with E-state index in [4.69, 9.17) is 0 Å². The van der Waals surface area contributed by atoms with Crippen LogP contribution in [0.2, 0.25) is 0 Å². The average molecular weight is 549 g/mol. The highest BCUT2D eigenvalue weighted by Gasteiger charge is 2.38. The second-order valence-corrected chi connectivity index (χ2v) is 11.4. The van der Waals surface area contributed by atoms with Crippen LogP contribution in [-0.2, 0) is 5.41 Å². The van der Waals surface area contributed by atoms with E-state index in [2.05, 4.69) is 145 Å². The van der Waals surface area contributed by atoms with E-state index in [1.54, 1.807) is 6.20 Å². The maximum absolute atomic E-state index is 4.66. The van der Waals surface area contributed by atoms with Gasteiger partial charge in [-0.05, 0) is 90.4 Å². The predicted molar refractivity (Wildman–Crippen MR) is 178 cm³/mol. The SMILES string of the molecule is C=CC1=C(N=C)N(c2ccccn2)c2ccc(-c3cccc(N(C4=CC=CC(C)C4)c4ccccc4)c3)cc2C1(C)C. The molecule has 1 aliphatic heterocycles. The van der Waals surface area contributed by atoms with Crippen molar-refractivity contribution >= 4 is 29.6 Å². The lowest BCUT2D eigenvalue weighted by atomic mass is 9.73. The summed E-state index contributed by atoms with van der Waals surface area (Å²) in [7, 11) is 0. The molecule has 6 rings (SSSR count). The lowest BCUT2D eigenvalue weighted by molar-refractivity contribution is 0.616. The van der Waals surface area contributed by atoms with Crippen LogP contribution in [0.15, 0.2) is 150 Å². The van der Waals surface area contributed by atoms with Gasteiger partial charge in [-0.3, -0.25) is 4.90 Å². The van der Waals surface area contributed by atoms with Crippen molar-refractivity contribution in [2.45, 2.75) is 32.6 Å². The minimum atomic E-state index is -0.335. The van der Waals surface area contributed by atoms with Gasteiger partial charge in [-0.2, -0.15) is 0 Å². The summed E-state index contributed by atoms with van der Waals surface area (Å²) in [4.78, 5) is 13.6. The molecule has 3 aromatic carbocycles. The van der Waals surface area contributed by atoms with Crippen LogP contribution < -0.4 is 9.80 Å². The van der Waals surface area contributed by atoms with Crippen LogP contribution in [0.3, 0.4) is 0 Å². The summed E-state index contributed by atoms with van der Waals surface area (Å²) in [6.45, 7) is 14.8. The number of aliphatic imine (C=N–C) groups is 1. The van der Waals surface area contributed by atoms with Gasteiger partial charge in [-0.1, -0.05) is 88.0 Å². The van der Waals surface area contributed by atoms with Crippen molar-refractivity contribution in [3.63, 3.8) is 0 Å². The molecular weight excluding hydrogens is 512 g/mol. The number of para-hydroxylation sites is 1. The van der Waals surface area contributed by atoms with Crippen molar-refractivity contribution < 1.29 is 0 Å². The number of rotatable bonds is 7. The van der Waals surface area contributed by atoms with E-state index >= 15 is 0 Å². The fraction of sp³-hybridized carbons (Fsp3) is 0.158. The molecule has 1 unspecified atom stereocenters. The number of pyridine rings is 1. The van der Waals surface area contributed by atoms with E-state index in [1.807, 2.05) is 24.3 Å². The van der Waals surface area contributed by atoms with E-state index in [-0.39, 0.29) is 5.41 Å². The van der Waals surface area contributed by atoms with Crippen LogP contribution >= 0.6 is 0 Å². The maximum Gasteiger partial charge on any atom is 0.142 e. The zero-order valence-corrected chi connectivity index (χ0v) is 24.5. The molecule has 1 aliphatic carbocycles. The molecular formula is C38H36N4. The van der Waals surface area contributed by atoms with Gasteiger partial charge in [0.1, 0.15) is 11.6 Å². The third-order valence-corrected chi connectivity index (χ3v) is 8.27. The van der Waals surface area contributed by atoms with Crippen molar-refractivity contribution in [2.75, 3.05) is 9.80 Å². The molecule has 208 valence electrons. The van der Waals surface area contributed by atoms with Crippen LogP contribution in [0.4, 0.5) is 22.9 Å². The van der Waals surface area contributed by atoms with Gasteiger partial charge in [0, 0.05) is 34.3 Å². The molecule has 1 aromatic heterocycles. The van der Waals surface area contributed by atoms with Crippen molar-refractivity contribution in [3.8, 4) is 11.1 Å². The Morgan fingerprint density at radius 3 is 2.40 bits per heavy atom. The number of hydrogen-bond donors (Lipinski definition) is 0. The van der Waals surface area contributed by atoms with Crippen LogP contribution in [0.5, 0.6) is 0 Å². The van der Waals surface area contributed by atoms with Crippen molar-refractivity contribution in [2.24, 2.45) is 10.9 Å². The number of hydrogen-bond acceptors (Lipinski definition) is 4. The Balaban J connectivity index is 1.48. The average Bonchev–Trinajstić information content (AvgIpc) is 3.02. The Morgan fingerprint density at radius 1 is 0.929 bits per heavy atom. The van der Waals surface area contributed by atoms with Crippen LogP contribution in [0.1, 0.15) is 32.8 Å². The van der Waals surface area contributed by atoms with Gasteiger partial charge in [0.15, 0.2) is 0 Å². The van der Waals surface area contributed by atoms with E-state index in [0.717, 1.165) is 51.8 Å². The van der Waals surface area contributed by atoms with Gasteiger partial charge < -0.3 is 4.90 Å². The summed E-state index contributed by atoms with van der Waals surface area (Å²) in [5.74, 6) is 2.05. The predicted octanol–water partition coefficient (Wildman–Crippen LogP) is 9.89. The van der Waals surface area contributed by atoms with Gasteiger partial charge in [0.05, 0.1) is 5.69 Å². The smallest absolute Gasteiger partial charge is 0.142 e. The molecule has 1 atom stereocenters. The Kier molecular flexibility index (Phi) is 7.22. The lowest BCUT2D eigenvalue weighted by Crippen LogP contribution is -2.33. The molecule has 0 saturated carbocycles. The number of benzene rings is 3. The largest absolute Gasteiger partial charge is 0.314 e. The topological polar surface area (TPSA) is 31.7 Å². The molecule has 0 N–H and O–H groups in total. The van der Waals surface area contributed by atoms with Gasteiger partial charge in [-0.25, -0.2) is 9.98 Å². The Morgan fingerprint density at radius 2 is 1.69 bits per heavy atom. The summed E-state index contributed by atoms with van der Waals surface area (Å²) in [5, 5.41) is 0. The number of allylic oxidation sites excluding steroid dienone is 6. The Hall–Kier alpha value is -4.96. The molecule has 0 radical (unpaired) electrons. The monoisotopic (exact) mass is 548 g/mol. The molecule has 4 heteroatoms. The summed E-state index contributed by atoms with van der Waals surface area (Å²) in [5.41, 5.74) is 8.82. The molecule has 0 saturated heterocycles. The van der Waals surface area contributed by atoms with E-state index in [9.17, 15) is 0 Å². The summed E-state index contributed by atoms with van der Waals surface area (Å²) in [6.07, 6.45) is 11.4. The summed E-state index contributed by atoms with van der Waals surface area (Å²) in [6, 6.07) is 32.1. The number of fused-ring (bicyclic) bond motifs is 1. The van der Waals surface area contributed by atoms with Gasteiger partial charge in [0.25, 0.3) is 0 Å². The number of nitrogens with zero attached hydrogens (tertiary/aromatic N) is 4. The first-order chi connectivity index (χ1) is 20.4. The van der Waals surface area contributed by atoms with E-state index in [1.165, 1.54) is 11.3 Å². The summed E-state index contributed by atoms with van der Waals surface area (Å²) >= 11 is 0. The first-order valence-corrected chi connectivity index (χ1v) is 14.4. The highest BCUT2D eigenvalue weighted by molar-refractivity contribution is 5.81. The zero-order chi connectivity index (χ0) is 29.3. The first kappa shape index (κ1) is 27.2. The number of anilines is 4. The van der Waals surface area contributed by atoms with Crippen LogP contribution in [0, 0.1) is 5.92 Å². The van der Waals surface area contributed by atoms with E-state index < -0.39 is 0 Å². The molecule has 4 nitrogen and oxygen atoms in total. The molecule has 4 aromatic rings. The van der Waals surface area contributed by atoms with Crippen molar-refractivity contribution in [1.29, 1.82) is 0 Å². The fourth-order valence-corrected chi connectivity index (χ4v) is 6.16. The fourth-order valence-electron chi connectivity index (χ4n) is 6.16. The minimum absolute atomic E-state index is 0.335. The van der Waals surface area contributed by atoms with Crippen molar-refractivity contribution in [3.05, 3.63) is 151 Å². The maximum atomic E-state index is 4.66. The minimum Gasteiger partial charge on any atom is -0.314 e. The molecule has 0 amide bonds. The first-order valence-electron chi connectivity index (χ1n) is 14.4.